The van der Waals surface area contributed by atoms with Crippen LogP contribution in [-0.4, -0.2) is 20.9 Å². The molecule has 0 unspecified atom stereocenters. The van der Waals surface area contributed by atoms with E-state index in [0.29, 0.717) is 5.56 Å². The maximum absolute atomic E-state index is 11.4. The molecule has 0 fully saturated rings. The van der Waals surface area contributed by atoms with E-state index in [2.05, 4.69) is 0 Å². The van der Waals surface area contributed by atoms with Crippen molar-refractivity contribution >= 4 is 29.0 Å². The molecule has 1 N–H and O–H groups in total. The van der Waals surface area contributed by atoms with Crippen molar-refractivity contribution in [1.29, 1.82) is 0 Å². The second kappa shape index (κ2) is 6.48. The molecule has 0 atom stereocenters. The van der Waals surface area contributed by atoms with Gasteiger partial charge in [0.25, 0.3) is 11.4 Å². The van der Waals surface area contributed by atoms with E-state index < -0.39 is 15.8 Å². The third-order valence-corrected chi connectivity index (χ3v) is 3.01. The first-order chi connectivity index (χ1) is 10.9. The average Bonchev–Trinajstić information content (AvgIpc) is 2.52. The first kappa shape index (κ1) is 15.8. The van der Waals surface area contributed by atoms with Gasteiger partial charge in [0.05, 0.1) is 15.4 Å². The fourth-order valence-electron chi connectivity index (χ4n) is 1.93. The Kier molecular flexibility index (Phi) is 4.46. The molecule has 116 valence electrons. The molecule has 0 amide bonds. The summed E-state index contributed by atoms with van der Waals surface area (Å²) >= 11 is 0. The number of hydrogen-bond acceptors (Lipinski definition) is 5. The minimum absolute atomic E-state index is 0.125. The molecule has 0 bridgehead atoms. The van der Waals surface area contributed by atoms with E-state index in [1.165, 1.54) is 54.6 Å². The van der Waals surface area contributed by atoms with Crippen LogP contribution < -0.4 is 0 Å². The fraction of sp³-hybridized carbons (Fsp3) is 0. The van der Waals surface area contributed by atoms with Crippen LogP contribution in [0.2, 0.25) is 0 Å². The summed E-state index contributed by atoms with van der Waals surface area (Å²) in [5, 5.41) is 30.7. The highest BCUT2D eigenvalue weighted by Gasteiger charge is 2.13. The van der Waals surface area contributed by atoms with Crippen molar-refractivity contribution in [3.05, 3.63) is 79.9 Å². The van der Waals surface area contributed by atoms with Crippen LogP contribution in [0.5, 0.6) is 0 Å². The van der Waals surface area contributed by atoms with Gasteiger partial charge in [0.15, 0.2) is 0 Å². The molecule has 2 rings (SSSR count). The lowest BCUT2D eigenvalue weighted by molar-refractivity contribution is -0.385. The van der Waals surface area contributed by atoms with Crippen molar-refractivity contribution in [3.8, 4) is 0 Å². The number of hydrogen-bond donors (Lipinski definition) is 1. The SMILES string of the molecule is O=C(O)/C(=C\c1cccc([N+](=O)[O-])c1)c1ccc([N+](=O)[O-])cc1. The monoisotopic (exact) mass is 314 g/mol. The van der Waals surface area contributed by atoms with Crippen molar-refractivity contribution in [1.82, 2.24) is 0 Å². The summed E-state index contributed by atoms with van der Waals surface area (Å²) < 4.78 is 0. The Morgan fingerprint density at radius 2 is 1.57 bits per heavy atom. The van der Waals surface area contributed by atoms with Gasteiger partial charge in [-0.05, 0) is 29.3 Å². The van der Waals surface area contributed by atoms with E-state index in [1.807, 2.05) is 0 Å². The Morgan fingerprint density at radius 1 is 0.957 bits per heavy atom. The van der Waals surface area contributed by atoms with Gasteiger partial charge < -0.3 is 5.11 Å². The van der Waals surface area contributed by atoms with E-state index in [9.17, 15) is 30.1 Å². The summed E-state index contributed by atoms with van der Waals surface area (Å²) in [4.78, 5) is 31.6. The zero-order valence-electron chi connectivity index (χ0n) is 11.6. The molecular formula is C15H10N2O6. The molecule has 0 aliphatic rings. The fourth-order valence-corrected chi connectivity index (χ4v) is 1.93. The number of aliphatic carboxylic acids is 1. The molecular weight excluding hydrogens is 304 g/mol. The maximum atomic E-state index is 11.4. The molecule has 2 aromatic rings. The number of non-ortho nitro benzene ring substituents is 2. The highest BCUT2D eigenvalue weighted by atomic mass is 16.6. The largest absolute Gasteiger partial charge is 0.478 e. The van der Waals surface area contributed by atoms with Gasteiger partial charge in [0.2, 0.25) is 0 Å². The average molecular weight is 314 g/mol. The molecule has 0 aromatic heterocycles. The Bertz CT molecular complexity index is 811. The highest BCUT2D eigenvalue weighted by Crippen LogP contribution is 2.23. The number of nitro benzene ring substituents is 2. The molecule has 0 radical (unpaired) electrons. The summed E-state index contributed by atoms with van der Waals surface area (Å²) in [7, 11) is 0. The number of nitrogens with zero attached hydrogens (tertiary/aromatic N) is 2. The van der Waals surface area contributed by atoms with E-state index in [1.54, 1.807) is 0 Å². The van der Waals surface area contributed by atoms with Crippen LogP contribution >= 0.6 is 0 Å². The number of benzene rings is 2. The second-order valence-corrected chi connectivity index (χ2v) is 4.52. The summed E-state index contributed by atoms with van der Waals surface area (Å²) in [6, 6.07) is 10.5. The van der Waals surface area contributed by atoms with Crippen LogP contribution in [0.15, 0.2) is 48.5 Å². The molecule has 0 saturated heterocycles. The van der Waals surface area contributed by atoms with Gasteiger partial charge in [-0.2, -0.15) is 0 Å². The molecule has 0 aliphatic heterocycles. The van der Waals surface area contributed by atoms with Crippen LogP contribution in [0.4, 0.5) is 11.4 Å². The predicted octanol–water partition coefficient (Wildman–Crippen LogP) is 3.13. The van der Waals surface area contributed by atoms with Gasteiger partial charge in [0.1, 0.15) is 0 Å². The van der Waals surface area contributed by atoms with Gasteiger partial charge in [-0.1, -0.05) is 12.1 Å². The molecule has 0 saturated carbocycles. The molecule has 23 heavy (non-hydrogen) atoms. The van der Waals surface area contributed by atoms with Crippen LogP contribution in [0.3, 0.4) is 0 Å². The molecule has 0 heterocycles. The zero-order valence-corrected chi connectivity index (χ0v) is 11.6. The minimum atomic E-state index is -1.25. The predicted molar refractivity (Wildman–Crippen MR) is 81.7 cm³/mol. The standard InChI is InChI=1S/C15H10N2O6/c18-15(19)14(11-4-6-12(7-5-11)16(20)21)9-10-2-1-3-13(8-10)17(22)23/h1-9H,(H,18,19)/b14-9-. The topological polar surface area (TPSA) is 124 Å². The lowest BCUT2D eigenvalue weighted by Crippen LogP contribution is -2.00. The summed E-state index contributed by atoms with van der Waals surface area (Å²) in [5.41, 5.74) is 0.158. The van der Waals surface area contributed by atoms with E-state index >= 15 is 0 Å². The summed E-state index contributed by atoms with van der Waals surface area (Å²) in [6.07, 6.45) is 1.27. The first-order valence-electron chi connectivity index (χ1n) is 6.33. The Labute approximate surface area is 129 Å². The quantitative estimate of drug-likeness (QED) is 0.391. The summed E-state index contributed by atoms with van der Waals surface area (Å²) in [5.74, 6) is -1.25. The number of nitro groups is 2. The minimum Gasteiger partial charge on any atom is -0.478 e. The Hall–Kier alpha value is -3.55. The summed E-state index contributed by atoms with van der Waals surface area (Å²) in [6.45, 7) is 0. The van der Waals surface area contributed by atoms with E-state index in [-0.39, 0.29) is 22.5 Å². The molecule has 0 aliphatic carbocycles. The molecule has 8 heteroatoms. The van der Waals surface area contributed by atoms with Crippen molar-refractivity contribution in [3.63, 3.8) is 0 Å². The van der Waals surface area contributed by atoms with Crippen LogP contribution in [0.1, 0.15) is 11.1 Å². The van der Waals surface area contributed by atoms with Crippen LogP contribution in [-0.2, 0) is 4.79 Å². The molecule has 2 aromatic carbocycles. The first-order valence-corrected chi connectivity index (χ1v) is 6.33. The third kappa shape index (κ3) is 3.76. The maximum Gasteiger partial charge on any atom is 0.336 e. The lowest BCUT2D eigenvalue weighted by Gasteiger charge is -2.03. The molecule has 0 spiro atoms. The third-order valence-electron chi connectivity index (χ3n) is 3.01. The van der Waals surface area contributed by atoms with Crippen molar-refractivity contribution in [2.24, 2.45) is 0 Å². The number of carboxylic acids is 1. The van der Waals surface area contributed by atoms with Crippen LogP contribution in [0.25, 0.3) is 11.6 Å². The van der Waals surface area contributed by atoms with Crippen molar-refractivity contribution in [2.45, 2.75) is 0 Å². The van der Waals surface area contributed by atoms with Gasteiger partial charge >= 0.3 is 5.97 Å². The zero-order chi connectivity index (χ0) is 17.0. The van der Waals surface area contributed by atoms with Crippen molar-refractivity contribution < 1.29 is 19.7 Å². The smallest absolute Gasteiger partial charge is 0.336 e. The molecule has 8 nitrogen and oxygen atoms in total. The van der Waals surface area contributed by atoms with Crippen LogP contribution in [0, 0.1) is 20.2 Å². The van der Waals surface area contributed by atoms with Gasteiger partial charge in [-0.15, -0.1) is 0 Å². The second-order valence-electron chi connectivity index (χ2n) is 4.52. The normalized spacial score (nSPS) is 11.0. The van der Waals surface area contributed by atoms with E-state index in [0.717, 1.165) is 0 Å². The number of rotatable bonds is 5. The van der Waals surface area contributed by atoms with Gasteiger partial charge in [-0.25, -0.2) is 4.79 Å². The van der Waals surface area contributed by atoms with E-state index in [4.69, 9.17) is 0 Å². The van der Waals surface area contributed by atoms with Crippen molar-refractivity contribution in [2.75, 3.05) is 0 Å². The number of carbonyl (C=O) groups is 1. The van der Waals surface area contributed by atoms with Gasteiger partial charge in [-0.3, -0.25) is 20.2 Å². The number of carboxylic acid groups (broad SMARTS) is 1. The Morgan fingerprint density at radius 3 is 2.09 bits per heavy atom. The lowest BCUT2D eigenvalue weighted by atomic mass is 10.0. The Balaban J connectivity index is 2.45. The highest BCUT2D eigenvalue weighted by molar-refractivity contribution is 6.20. The van der Waals surface area contributed by atoms with Gasteiger partial charge in [0, 0.05) is 24.3 Å².